The molecule has 1 rings (SSSR count). The molecule has 0 aliphatic rings. The van der Waals surface area contributed by atoms with Gasteiger partial charge < -0.3 is 15.7 Å². The van der Waals surface area contributed by atoms with Crippen molar-refractivity contribution in [2.45, 2.75) is 39.2 Å². The molecule has 3 N–H and O–H groups in total. The summed E-state index contributed by atoms with van der Waals surface area (Å²) in [5.41, 5.74) is 0.937. The molecule has 2 amide bonds. The maximum absolute atomic E-state index is 12.0. The summed E-state index contributed by atoms with van der Waals surface area (Å²) in [7, 11) is 0. The van der Waals surface area contributed by atoms with Crippen molar-refractivity contribution in [1.29, 1.82) is 0 Å². The van der Waals surface area contributed by atoms with Crippen LogP contribution >= 0.6 is 0 Å². The fraction of sp³-hybridized carbons (Fsp3) is 0.400. The van der Waals surface area contributed by atoms with Gasteiger partial charge in [-0.1, -0.05) is 19.8 Å². The van der Waals surface area contributed by atoms with E-state index in [2.05, 4.69) is 10.6 Å². The van der Waals surface area contributed by atoms with E-state index < -0.39 is 17.9 Å². The molecule has 21 heavy (non-hydrogen) atoms. The highest BCUT2D eigenvalue weighted by Gasteiger charge is 2.19. The van der Waals surface area contributed by atoms with E-state index in [0.717, 1.165) is 12.8 Å². The number of amides is 2. The van der Waals surface area contributed by atoms with Crippen LogP contribution < -0.4 is 10.6 Å². The Balaban J connectivity index is 2.69. The summed E-state index contributed by atoms with van der Waals surface area (Å²) in [4.78, 5) is 34.0. The van der Waals surface area contributed by atoms with Crippen molar-refractivity contribution < 1.29 is 19.5 Å². The van der Waals surface area contributed by atoms with E-state index >= 15 is 0 Å². The highest BCUT2D eigenvalue weighted by Crippen LogP contribution is 2.10. The Morgan fingerprint density at radius 3 is 2.29 bits per heavy atom. The molecule has 0 aromatic heterocycles. The van der Waals surface area contributed by atoms with Crippen molar-refractivity contribution >= 4 is 23.5 Å². The molecule has 0 fully saturated rings. The number of carbonyl (C=O) groups excluding carboxylic acids is 2. The van der Waals surface area contributed by atoms with Crippen LogP contribution in [0, 0.1) is 0 Å². The maximum Gasteiger partial charge on any atom is 0.326 e. The van der Waals surface area contributed by atoms with Gasteiger partial charge in [-0.05, 0) is 30.7 Å². The minimum Gasteiger partial charge on any atom is -0.480 e. The van der Waals surface area contributed by atoms with E-state index in [1.165, 1.54) is 6.92 Å². The summed E-state index contributed by atoms with van der Waals surface area (Å²) in [6.45, 7) is 3.35. The number of unbranched alkanes of at least 4 members (excludes halogenated alkanes) is 1. The lowest BCUT2D eigenvalue weighted by Gasteiger charge is -2.14. The van der Waals surface area contributed by atoms with Crippen molar-refractivity contribution in [3.05, 3.63) is 29.8 Å². The first-order chi connectivity index (χ1) is 9.93. The van der Waals surface area contributed by atoms with E-state index in [9.17, 15) is 14.4 Å². The molecule has 0 heterocycles. The van der Waals surface area contributed by atoms with Gasteiger partial charge in [0.15, 0.2) is 0 Å². The largest absolute Gasteiger partial charge is 0.480 e. The van der Waals surface area contributed by atoms with Gasteiger partial charge in [0.1, 0.15) is 6.04 Å². The molecular weight excluding hydrogens is 272 g/mol. The van der Waals surface area contributed by atoms with Crippen LogP contribution in [-0.4, -0.2) is 28.9 Å². The summed E-state index contributed by atoms with van der Waals surface area (Å²) >= 11 is 0. The zero-order chi connectivity index (χ0) is 15.8. The topological polar surface area (TPSA) is 95.5 Å². The zero-order valence-electron chi connectivity index (χ0n) is 12.2. The van der Waals surface area contributed by atoms with E-state index in [0.29, 0.717) is 17.7 Å². The predicted molar refractivity (Wildman–Crippen MR) is 79.2 cm³/mol. The van der Waals surface area contributed by atoms with Gasteiger partial charge in [-0.3, -0.25) is 9.59 Å². The van der Waals surface area contributed by atoms with Gasteiger partial charge in [0.2, 0.25) is 5.91 Å². The molecule has 0 unspecified atom stereocenters. The molecule has 0 aliphatic carbocycles. The normalized spacial score (nSPS) is 11.5. The van der Waals surface area contributed by atoms with Crippen LogP contribution in [-0.2, 0) is 9.59 Å². The third-order valence-electron chi connectivity index (χ3n) is 2.92. The molecule has 0 radical (unpaired) electrons. The van der Waals surface area contributed by atoms with Crippen LogP contribution in [0.3, 0.4) is 0 Å². The highest BCUT2D eigenvalue weighted by molar-refractivity contribution is 5.97. The average molecular weight is 292 g/mol. The van der Waals surface area contributed by atoms with Crippen LogP contribution in [0.4, 0.5) is 5.69 Å². The molecule has 0 saturated heterocycles. The Morgan fingerprint density at radius 1 is 1.19 bits per heavy atom. The lowest BCUT2D eigenvalue weighted by atomic mass is 10.1. The number of carboxylic acid groups (broad SMARTS) is 1. The number of hydrogen-bond acceptors (Lipinski definition) is 3. The van der Waals surface area contributed by atoms with Gasteiger partial charge in [0.05, 0.1) is 0 Å². The third kappa shape index (κ3) is 5.64. The number of aliphatic carboxylic acids is 1. The molecule has 0 saturated carbocycles. The Morgan fingerprint density at radius 2 is 1.81 bits per heavy atom. The summed E-state index contributed by atoms with van der Waals surface area (Å²) in [5.74, 6) is -1.67. The number of carboxylic acids is 1. The number of nitrogens with one attached hydrogen (secondary N) is 2. The van der Waals surface area contributed by atoms with Crippen molar-refractivity contribution in [3.63, 3.8) is 0 Å². The monoisotopic (exact) mass is 292 g/mol. The Kier molecular flexibility index (Phi) is 6.39. The molecule has 6 nitrogen and oxygen atoms in total. The first kappa shape index (κ1) is 16.7. The first-order valence-corrected chi connectivity index (χ1v) is 6.85. The standard InChI is InChI=1S/C15H20N2O4/c1-3-4-5-13(15(20)21)17-14(19)11-6-8-12(9-7-11)16-10(2)18/h6-9,13H,3-5H2,1-2H3,(H,16,18)(H,17,19)(H,20,21)/t13-/m0/s1. The van der Waals surface area contributed by atoms with Crippen LogP contribution in [0.1, 0.15) is 43.5 Å². The van der Waals surface area contributed by atoms with E-state index in [-0.39, 0.29) is 5.91 Å². The summed E-state index contributed by atoms with van der Waals surface area (Å²) in [5, 5.41) is 14.2. The van der Waals surface area contributed by atoms with Crippen molar-refractivity contribution in [2.24, 2.45) is 0 Å². The molecule has 1 aromatic rings. The summed E-state index contributed by atoms with van der Waals surface area (Å²) < 4.78 is 0. The molecular formula is C15H20N2O4. The molecule has 0 spiro atoms. The molecule has 114 valence electrons. The fourth-order valence-corrected chi connectivity index (χ4v) is 1.82. The molecule has 1 atom stereocenters. The zero-order valence-corrected chi connectivity index (χ0v) is 12.2. The molecule has 0 aliphatic heterocycles. The molecule has 1 aromatic carbocycles. The number of anilines is 1. The lowest BCUT2D eigenvalue weighted by Crippen LogP contribution is -2.40. The second kappa shape index (κ2) is 8.04. The van der Waals surface area contributed by atoms with Crippen LogP contribution in [0.25, 0.3) is 0 Å². The van der Waals surface area contributed by atoms with Crippen molar-refractivity contribution in [3.8, 4) is 0 Å². The summed E-state index contributed by atoms with van der Waals surface area (Å²) in [6, 6.07) is 5.39. The third-order valence-corrected chi connectivity index (χ3v) is 2.92. The number of rotatable bonds is 7. The van der Waals surface area contributed by atoms with Crippen LogP contribution in [0.15, 0.2) is 24.3 Å². The minimum atomic E-state index is -1.04. The minimum absolute atomic E-state index is 0.197. The Labute approximate surface area is 123 Å². The van der Waals surface area contributed by atoms with Gasteiger partial charge in [0.25, 0.3) is 5.91 Å². The van der Waals surface area contributed by atoms with E-state index in [4.69, 9.17) is 5.11 Å². The highest BCUT2D eigenvalue weighted by atomic mass is 16.4. The van der Waals surface area contributed by atoms with Crippen molar-refractivity contribution in [1.82, 2.24) is 5.32 Å². The van der Waals surface area contributed by atoms with Gasteiger partial charge in [-0.2, -0.15) is 0 Å². The van der Waals surface area contributed by atoms with Gasteiger partial charge in [-0.15, -0.1) is 0 Å². The van der Waals surface area contributed by atoms with E-state index in [1.807, 2.05) is 6.92 Å². The number of benzene rings is 1. The van der Waals surface area contributed by atoms with Crippen LogP contribution in [0.5, 0.6) is 0 Å². The number of hydrogen-bond donors (Lipinski definition) is 3. The van der Waals surface area contributed by atoms with Gasteiger partial charge in [-0.25, -0.2) is 4.79 Å². The Bertz CT molecular complexity index is 511. The number of carbonyl (C=O) groups is 3. The van der Waals surface area contributed by atoms with Crippen molar-refractivity contribution in [2.75, 3.05) is 5.32 Å². The average Bonchev–Trinajstić information content (AvgIpc) is 2.43. The van der Waals surface area contributed by atoms with Crippen LogP contribution in [0.2, 0.25) is 0 Å². The SMILES string of the molecule is CCCC[C@H](NC(=O)c1ccc(NC(C)=O)cc1)C(=O)O. The predicted octanol–water partition coefficient (Wildman–Crippen LogP) is 2.02. The summed E-state index contributed by atoms with van der Waals surface area (Å²) in [6.07, 6.45) is 2.01. The lowest BCUT2D eigenvalue weighted by molar-refractivity contribution is -0.139. The molecule has 6 heteroatoms. The smallest absolute Gasteiger partial charge is 0.326 e. The van der Waals surface area contributed by atoms with Gasteiger partial charge in [0, 0.05) is 18.2 Å². The maximum atomic E-state index is 12.0. The second-order valence-corrected chi connectivity index (χ2v) is 4.77. The fourth-order valence-electron chi connectivity index (χ4n) is 1.82. The second-order valence-electron chi connectivity index (χ2n) is 4.77. The molecule has 0 bridgehead atoms. The van der Waals surface area contributed by atoms with E-state index in [1.54, 1.807) is 24.3 Å². The quantitative estimate of drug-likeness (QED) is 0.716. The Hall–Kier alpha value is -2.37. The van der Waals surface area contributed by atoms with Gasteiger partial charge >= 0.3 is 5.97 Å². The first-order valence-electron chi connectivity index (χ1n) is 6.85.